The molecule has 0 aliphatic heterocycles. The molecule has 4 nitrogen and oxygen atoms in total. The van der Waals surface area contributed by atoms with E-state index in [1.54, 1.807) is 18.2 Å². The van der Waals surface area contributed by atoms with E-state index >= 15 is 0 Å². The number of benzene rings is 1. The molecule has 1 amide bonds. The quantitative estimate of drug-likeness (QED) is 0.912. The fourth-order valence-electron chi connectivity index (χ4n) is 1.49. The molecule has 2 rings (SSSR count). The first-order valence-electron chi connectivity index (χ1n) is 5.50. The summed E-state index contributed by atoms with van der Waals surface area (Å²) in [6.45, 7) is 0. The molecule has 0 atom stereocenters. The third kappa shape index (κ3) is 3.75. The van der Waals surface area contributed by atoms with E-state index in [2.05, 4.69) is 26.2 Å². The van der Waals surface area contributed by atoms with Gasteiger partial charge in [0.1, 0.15) is 5.82 Å². The molecule has 0 spiro atoms. The van der Waals surface area contributed by atoms with Crippen molar-refractivity contribution < 1.29 is 9.18 Å². The Morgan fingerprint density at radius 2 is 2.16 bits per heavy atom. The summed E-state index contributed by atoms with van der Waals surface area (Å²) in [7, 11) is 0. The highest BCUT2D eigenvalue weighted by Crippen LogP contribution is 2.20. The van der Waals surface area contributed by atoms with Crippen molar-refractivity contribution in [2.24, 2.45) is 0 Å². The van der Waals surface area contributed by atoms with Gasteiger partial charge >= 0.3 is 0 Å². The molecule has 0 saturated heterocycles. The van der Waals surface area contributed by atoms with Crippen molar-refractivity contribution in [1.82, 2.24) is 4.98 Å². The van der Waals surface area contributed by atoms with E-state index in [4.69, 9.17) is 5.73 Å². The van der Waals surface area contributed by atoms with E-state index < -0.39 is 5.82 Å². The molecule has 1 aromatic carbocycles. The van der Waals surface area contributed by atoms with Crippen molar-refractivity contribution in [2.45, 2.75) is 6.42 Å². The number of nitrogens with zero attached hydrogens (tertiary/aromatic N) is 1. The van der Waals surface area contributed by atoms with Crippen LogP contribution in [-0.4, -0.2) is 10.9 Å². The van der Waals surface area contributed by atoms with Gasteiger partial charge in [-0.2, -0.15) is 0 Å². The number of pyridine rings is 1. The van der Waals surface area contributed by atoms with Crippen LogP contribution in [0.5, 0.6) is 0 Å². The van der Waals surface area contributed by atoms with Crippen LogP contribution in [0.4, 0.5) is 15.8 Å². The molecular weight excluding hydrogens is 313 g/mol. The van der Waals surface area contributed by atoms with Gasteiger partial charge in [-0.1, -0.05) is 15.9 Å². The standard InChI is InChI=1S/C13H11BrFN3O/c14-8-1-4-11(15)12(5-8)18-13(19)6-10-3-2-9(16)7-17-10/h1-5,7H,6,16H2,(H,18,19). The minimum atomic E-state index is -0.484. The Labute approximate surface area is 118 Å². The summed E-state index contributed by atoms with van der Waals surface area (Å²) in [4.78, 5) is 15.8. The Hall–Kier alpha value is -1.95. The monoisotopic (exact) mass is 323 g/mol. The van der Waals surface area contributed by atoms with Crippen LogP contribution in [0.15, 0.2) is 41.0 Å². The van der Waals surface area contributed by atoms with Gasteiger partial charge in [0.15, 0.2) is 0 Å². The summed E-state index contributed by atoms with van der Waals surface area (Å²) < 4.78 is 14.1. The van der Waals surface area contributed by atoms with Gasteiger partial charge in [-0.25, -0.2) is 4.39 Å². The number of amides is 1. The second-order valence-corrected chi connectivity index (χ2v) is 4.85. The maximum absolute atomic E-state index is 13.5. The fraction of sp³-hybridized carbons (Fsp3) is 0.0769. The second-order valence-electron chi connectivity index (χ2n) is 3.93. The minimum Gasteiger partial charge on any atom is -0.397 e. The highest BCUT2D eigenvalue weighted by molar-refractivity contribution is 9.10. The first-order valence-corrected chi connectivity index (χ1v) is 6.29. The molecule has 98 valence electrons. The molecular formula is C13H11BrFN3O. The number of anilines is 2. The van der Waals surface area contributed by atoms with Gasteiger partial charge in [0.2, 0.25) is 5.91 Å². The van der Waals surface area contributed by atoms with E-state index in [1.165, 1.54) is 18.3 Å². The third-order valence-corrected chi connectivity index (χ3v) is 2.89. The maximum Gasteiger partial charge on any atom is 0.230 e. The lowest BCUT2D eigenvalue weighted by atomic mass is 10.2. The lowest BCUT2D eigenvalue weighted by molar-refractivity contribution is -0.115. The molecule has 0 radical (unpaired) electrons. The van der Waals surface area contributed by atoms with Crippen LogP contribution in [0.2, 0.25) is 0 Å². The average molecular weight is 324 g/mol. The van der Waals surface area contributed by atoms with Crippen LogP contribution in [-0.2, 0) is 11.2 Å². The van der Waals surface area contributed by atoms with E-state index in [0.717, 1.165) is 0 Å². The second kappa shape index (κ2) is 5.79. The summed E-state index contributed by atoms with van der Waals surface area (Å²) in [5.74, 6) is -0.823. The number of carbonyl (C=O) groups excluding carboxylic acids is 1. The minimum absolute atomic E-state index is 0.0617. The zero-order chi connectivity index (χ0) is 13.8. The van der Waals surface area contributed by atoms with Crippen molar-refractivity contribution in [2.75, 3.05) is 11.1 Å². The van der Waals surface area contributed by atoms with Crippen molar-refractivity contribution in [3.8, 4) is 0 Å². The van der Waals surface area contributed by atoms with Gasteiger partial charge in [-0.3, -0.25) is 9.78 Å². The van der Waals surface area contributed by atoms with E-state index in [9.17, 15) is 9.18 Å². The van der Waals surface area contributed by atoms with Crippen LogP contribution >= 0.6 is 15.9 Å². The summed E-state index contributed by atoms with van der Waals surface area (Å²) in [5, 5.41) is 2.50. The number of halogens is 2. The molecule has 0 saturated carbocycles. The zero-order valence-corrected chi connectivity index (χ0v) is 11.4. The summed E-state index contributed by atoms with van der Waals surface area (Å²) in [5.41, 5.74) is 6.73. The van der Waals surface area contributed by atoms with E-state index in [-0.39, 0.29) is 18.0 Å². The van der Waals surface area contributed by atoms with Gasteiger partial charge in [-0.05, 0) is 30.3 Å². The topological polar surface area (TPSA) is 68.0 Å². The molecule has 6 heteroatoms. The number of nitrogens with two attached hydrogens (primary N) is 1. The predicted octanol–water partition coefficient (Wildman–Crippen LogP) is 2.75. The molecule has 0 aliphatic rings. The molecule has 1 aromatic heterocycles. The molecule has 3 N–H and O–H groups in total. The number of nitrogen functional groups attached to an aromatic ring is 1. The summed E-state index contributed by atoms with van der Waals surface area (Å²) in [6, 6.07) is 7.67. The lowest BCUT2D eigenvalue weighted by Gasteiger charge is -2.06. The van der Waals surface area contributed by atoms with Gasteiger partial charge in [-0.15, -0.1) is 0 Å². The van der Waals surface area contributed by atoms with Crippen molar-refractivity contribution in [3.63, 3.8) is 0 Å². The predicted molar refractivity (Wildman–Crippen MR) is 75.1 cm³/mol. The average Bonchev–Trinajstić information content (AvgIpc) is 2.37. The van der Waals surface area contributed by atoms with Crippen molar-refractivity contribution in [1.29, 1.82) is 0 Å². The Morgan fingerprint density at radius 3 is 2.84 bits per heavy atom. The summed E-state index contributed by atoms with van der Waals surface area (Å²) in [6.07, 6.45) is 1.54. The zero-order valence-electron chi connectivity index (χ0n) is 9.86. The highest BCUT2D eigenvalue weighted by Gasteiger charge is 2.09. The lowest BCUT2D eigenvalue weighted by Crippen LogP contribution is -2.16. The third-order valence-electron chi connectivity index (χ3n) is 2.39. The summed E-state index contributed by atoms with van der Waals surface area (Å²) >= 11 is 3.22. The SMILES string of the molecule is Nc1ccc(CC(=O)Nc2cc(Br)ccc2F)nc1. The number of hydrogen-bond acceptors (Lipinski definition) is 3. The normalized spacial score (nSPS) is 10.2. The van der Waals surface area contributed by atoms with Crippen LogP contribution in [0, 0.1) is 5.82 Å². The molecule has 0 unspecified atom stereocenters. The van der Waals surface area contributed by atoms with Gasteiger partial charge in [0.25, 0.3) is 0 Å². The molecule has 19 heavy (non-hydrogen) atoms. The van der Waals surface area contributed by atoms with Crippen LogP contribution in [0.25, 0.3) is 0 Å². The van der Waals surface area contributed by atoms with Gasteiger partial charge < -0.3 is 11.1 Å². The van der Waals surface area contributed by atoms with Crippen LogP contribution in [0.3, 0.4) is 0 Å². The molecule has 0 bridgehead atoms. The first kappa shape index (κ1) is 13.5. The smallest absolute Gasteiger partial charge is 0.230 e. The highest BCUT2D eigenvalue weighted by atomic mass is 79.9. The Morgan fingerprint density at radius 1 is 1.37 bits per heavy atom. The molecule has 0 fully saturated rings. The van der Waals surface area contributed by atoms with E-state index in [0.29, 0.717) is 15.9 Å². The number of hydrogen-bond donors (Lipinski definition) is 2. The largest absolute Gasteiger partial charge is 0.397 e. The Balaban J connectivity index is 2.05. The molecule has 1 heterocycles. The Kier molecular flexibility index (Phi) is 4.11. The fourth-order valence-corrected chi connectivity index (χ4v) is 1.85. The number of rotatable bonds is 3. The van der Waals surface area contributed by atoms with Crippen molar-refractivity contribution in [3.05, 3.63) is 52.5 Å². The van der Waals surface area contributed by atoms with Crippen molar-refractivity contribution >= 4 is 33.2 Å². The van der Waals surface area contributed by atoms with Crippen LogP contribution in [0.1, 0.15) is 5.69 Å². The van der Waals surface area contributed by atoms with Gasteiger partial charge in [0, 0.05) is 10.2 Å². The molecule has 2 aromatic rings. The first-order chi connectivity index (χ1) is 9.04. The van der Waals surface area contributed by atoms with Gasteiger partial charge in [0.05, 0.1) is 24.0 Å². The Bertz CT molecular complexity index is 601. The molecule has 0 aliphatic carbocycles. The number of nitrogens with one attached hydrogen (secondary N) is 1. The van der Waals surface area contributed by atoms with Crippen LogP contribution < -0.4 is 11.1 Å². The number of aromatic nitrogens is 1. The maximum atomic E-state index is 13.5. The van der Waals surface area contributed by atoms with E-state index in [1.807, 2.05) is 0 Å². The number of carbonyl (C=O) groups is 1.